The Kier molecular flexibility index (Phi) is 4.09. The van der Waals surface area contributed by atoms with Gasteiger partial charge in [-0.25, -0.2) is 0 Å². The van der Waals surface area contributed by atoms with Gasteiger partial charge in [0.2, 0.25) is 5.91 Å². The second-order valence-electron chi connectivity index (χ2n) is 4.52. The molecule has 0 spiro atoms. The van der Waals surface area contributed by atoms with Crippen LogP contribution in [0.25, 0.3) is 0 Å². The Hall–Kier alpha value is -1.26. The van der Waals surface area contributed by atoms with Gasteiger partial charge in [0, 0.05) is 24.2 Å². The molecule has 1 aromatic carbocycles. The molecule has 4 nitrogen and oxygen atoms in total. The number of carbonyl (C=O) groups excluding carboxylic acids is 1. The van der Waals surface area contributed by atoms with Crippen molar-refractivity contribution in [3.05, 3.63) is 28.8 Å². The van der Waals surface area contributed by atoms with Gasteiger partial charge in [-0.15, -0.1) is 0 Å². The normalized spacial score (nSPS) is 19.1. The highest BCUT2D eigenvalue weighted by molar-refractivity contribution is 6.31. The lowest BCUT2D eigenvalue weighted by molar-refractivity contribution is -0.129. The summed E-state index contributed by atoms with van der Waals surface area (Å²) in [6.45, 7) is 1.39. The largest absolute Gasteiger partial charge is 0.497 e. The minimum Gasteiger partial charge on any atom is -0.497 e. The fraction of sp³-hybridized carbons (Fsp3) is 0.462. The molecule has 0 bridgehead atoms. The number of methoxy groups -OCH3 is 1. The number of halogens is 1. The fourth-order valence-electron chi connectivity index (χ4n) is 2.09. The summed E-state index contributed by atoms with van der Waals surface area (Å²) in [5.41, 5.74) is 6.61. The van der Waals surface area contributed by atoms with E-state index in [1.165, 1.54) is 0 Å². The standard InChI is InChI=1S/C13H17ClN2O2/c1-18-11-3-2-9(12(14)7-11)6-13(17)16-5-4-10(15)8-16/h2-3,7,10H,4-6,8,15H2,1H3. The average Bonchev–Trinajstić information content (AvgIpc) is 2.78. The number of rotatable bonds is 3. The number of hydrogen-bond donors (Lipinski definition) is 1. The van der Waals surface area contributed by atoms with E-state index in [0.29, 0.717) is 23.7 Å². The molecule has 18 heavy (non-hydrogen) atoms. The van der Waals surface area contributed by atoms with Crippen LogP contribution in [0.2, 0.25) is 5.02 Å². The van der Waals surface area contributed by atoms with Gasteiger partial charge < -0.3 is 15.4 Å². The highest BCUT2D eigenvalue weighted by Crippen LogP contribution is 2.23. The zero-order valence-electron chi connectivity index (χ0n) is 10.4. The number of amides is 1. The summed E-state index contributed by atoms with van der Waals surface area (Å²) in [5.74, 6) is 0.773. The lowest BCUT2D eigenvalue weighted by Crippen LogP contribution is -2.32. The van der Waals surface area contributed by atoms with Gasteiger partial charge in [-0.1, -0.05) is 17.7 Å². The summed E-state index contributed by atoms with van der Waals surface area (Å²) >= 11 is 6.11. The van der Waals surface area contributed by atoms with Gasteiger partial charge in [0.25, 0.3) is 0 Å². The van der Waals surface area contributed by atoms with E-state index >= 15 is 0 Å². The Morgan fingerprint density at radius 1 is 1.61 bits per heavy atom. The molecule has 1 heterocycles. The van der Waals surface area contributed by atoms with Crippen molar-refractivity contribution in [3.63, 3.8) is 0 Å². The highest BCUT2D eigenvalue weighted by Gasteiger charge is 2.23. The Labute approximate surface area is 112 Å². The lowest BCUT2D eigenvalue weighted by atomic mass is 10.1. The molecule has 1 unspecified atom stereocenters. The number of ether oxygens (including phenoxy) is 1. The summed E-state index contributed by atoms with van der Waals surface area (Å²) in [5, 5.41) is 0.561. The van der Waals surface area contributed by atoms with Gasteiger partial charge in [0.15, 0.2) is 0 Å². The first-order valence-corrected chi connectivity index (χ1v) is 6.33. The SMILES string of the molecule is COc1ccc(CC(=O)N2CCC(N)C2)c(Cl)c1. The lowest BCUT2D eigenvalue weighted by Gasteiger charge is -2.16. The number of hydrogen-bond acceptors (Lipinski definition) is 3. The second-order valence-corrected chi connectivity index (χ2v) is 4.93. The van der Waals surface area contributed by atoms with Crippen molar-refractivity contribution in [1.82, 2.24) is 4.90 Å². The smallest absolute Gasteiger partial charge is 0.227 e. The van der Waals surface area contributed by atoms with Gasteiger partial charge in [0.05, 0.1) is 13.5 Å². The third-order valence-corrected chi connectivity index (χ3v) is 3.53. The van der Waals surface area contributed by atoms with Crippen LogP contribution in [-0.4, -0.2) is 37.0 Å². The predicted molar refractivity (Wildman–Crippen MR) is 70.9 cm³/mol. The Morgan fingerprint density at radius 2 is 2.39 bits per heavy atom. The molecular weight excluding hydrogens is 252 g/mol. The molecule has 2 rings (SSSR count). The molecule has 1 aliphatic heterocycles. The van der Waals surface area contributed by atoms with Crippen LogP contribution in [0, 0.1) is 0 Å². The number of nitrogens with zero attached hydrogens (tertiary/aromatic N) is 1. The molecule has 0 radical (unpaired) electrons. The van der Waals surface area contributed by atoms with Crippen molar-refractivity contribution < 1.29 is 9.53 Å². The van der Waals surface area contributed by atoms with Gasteiger partial charge in [-0.3, -0.25) is 4.79 Å². The maximum Gasteiger partial charge on any atom is 0.227 e. The van der Waals surface area contributed by atoms with Crippen molar-refractivity contribution in [2.75, 3.05) is 20.2 Å². The monoisotopic (exact) mass is 268 g/mol. The minimum atomic E-state index is 0.0787. The molecule has 1 aliphatic rings. The maximum atomic E-state index is 12.0. The van der Waals surface area contributed by atoms with Gasteiger partial charge in [-0.05, 0) is 24.1 Å². The third kappa shape index (κ3) is 2.94. The van der Waals surface area contributed by atoms with Gasteiger partial charge in [-0.2, -0.15) is 0 Å². The number of carbonyl (C=O) groups is 1. The first-order chi connectivity index (χ1) is 8.60. The van der Waals surface area contributed by atoms with E-state index in [2.05, 4.69) is 0 Å². The topological polar surface area (TPSA) is 55.6 Å². The summed E-state index contributed by atoms with van der Waals surface area (Å²) in [4.78, 5) is 13.8. The zero-order valence-corrected chi connectivity index (χ0v) is 11.1. The Morgan fingerprint density at radius 3 is 2.94 bits per heavy atom. The summed E-state index contributed by atoms with van der Waals surface area (Å²) in [7, 11) is 1.59. The highest BCUT2D eigenvalue weighted by atomic mass is 35.5. The van der Waals surface area contributed by atoms with E-state index in [1.807, 2.05) is 12.1 Å². The van der Waals surface area contributed by atoms with Crippen molar-refractivity contribution in [2.45, 2.75) is 18.9 Å². The van der Waals surface area contributed by atoms with Crippen LogP contribution in [0.1, 0.15) is 12.0 Å². The van der Waals surface area contributed by atoms with Crippen molar-refractivity contribution >= 4 is 17.5 Å². The van der Waals surface area contributed by atoms with E-state index < -0.39 is 0 Å². The molecule has 1 aromatic rings. The Bertz CT molecular complexity index is 451. The molecule has 5 heteroatoms. The Balaban J connectivity index is 2.03. The predicted octanol–water partition coefficient (Wildman–Crippen LogP) is 1.45. The third-order valence-electron chi connectivity index (χ3n) is 3.18. The van der Waals surface area contributed by atoms with Crippen LogP contribution in [0.3, 0.4) is 0 Å². The van der Waals surface area contributed by atoms with Crippen molar-refractivity contribution in [1.29, 1.82) is 0 Å². The van der Waals surface area contributed by atoms with Crippen LogP contribution in [-0.2, 0) is 11.2 Å². The summed E-state index contributed by atoms with van der Waals surface area (Å²) in [6.07, 6.45) is 1.19. The molecule has 0 aromatic heterocycles. The molecule has 2 N–H and O–H groups in total. The first-order valence-electron chi connectivity index (χ1n) is 5.96. The first kappa shape index (κ1) is 13.2. The molecule has 1 fully saturated rings. The second kappa shape index (κ2) is 5.59. The molecule has 1 atom stereocenters. The quantitative estimate of drug-likeness (QED) is 0.903. The van der Waals surface area contributed by atoms with Crippen LogP contribution < -0.4 is 10.5 Å². The minimum absolute atomic E-state index is 0.0787. The van der Waals surface area contributed by atoms with E-state index in [9.17, 15) is 4.79 Å². The summed E-state index contributed by atoms with van der Waals surface area (Å²) < 4.78 is 5.07. The van der Waals surface area contributed by atoms with E-state index in [-0.39, 0.29) is 11.9 Å². The maximum absolute atomic E-state index is 12.0. The fourth-order valence-corrected chi connectivity index (χ4v) is 2.32. The molecular formula is C13H17ClN2O2. The molecule has 0 aliphatic carbocycles. The van der Waals surface area contributed by atoms with Gasteiger partial charge >= 0.3 is 0 Å². The molecule has 0 saturated carbocycles. The molecule has 1 saturated heterocycles. The number of likely N-dealkylation sites (tertiary alicyclic amines) is 1. The van der Waals surface area contributed by atoms with Crippen molar-refractivity contribution in [3.8, 4) is 5.75 Å². The number of benzene rings is 1. The van der Waals surface area contributed by atoms with Crippen LogP contribution in [0.5, 0.6) is 5.75 Å². The zero-order chi connectivity index (χ0) is 13.1. The van der Waals surface area contributed by atoms with E-state index in [0.717, 1.165) is 18.5 Å². The summed E-state index contributed by atoms with van der Waals surface area (Å²) in [6, 6.07) is 5.47. The van der Waals surface area contributed by atoms with E-state index in [1.54, 1.807) is 18.1 Å². The van der Waals surface area contributed by atoms with Crippen LogP contribution in [0.4, 0.5) is 0 Å². The number of nitrogens with two attached hydrogens (primary N) is 1. The average molecular weight is 269 g/mol. The van der Waals surface area contributed by atoms with Crippen LogP contribution >= 0.6 is 11.6 Å². The van der Waals surface area contributed by atoms with Crippen LogP contribution in [0.15, 0.2) is 18.2 Å². The molecule has 98 valence electrons. The van der Waals surface area contributed by atoms with E-state index in [4.69, 9.17) is 22.1 Å². The molecule has 1 amide bonds. The van der Waals surface area contributed by atoms with Crippen molar-refractivity contribution in [2.24, 2.45) is 5.73 Å². The van der Waals surface area contributed by atoms with Gasteiger partial charge in [0.1, 0.15) is 5.75 Å².